The van der Waals surface area contributed by atoms with Crippen LogP contribution >= 0.6 is 11.7 Å². The second-order valence-corrected chi connectivity index (χ2v) is 7.02. The highest BCUT2D eigenvalue weighted by Gasteiger charge is 2.19. The Bertz CT molecular complexity index is 957. The molecule has 2 N–H and O–H groups in total. The lowest BCUT2D eigenvalue weighted by atomic mass is 10.3. The molecule has 0 unspecified atom stereocenters. The van der Waals surface area contributed by atoms with Gasteiger partial charge >= 0.3 is 0 Å². The van der Waals surface area contributed by atoms with Crippen LogP contribution in [0.15, 0.2) is 47.5 Å². The molecule has 124 valence electrons. The average Bonchev–Trinajstić information content (AvgIpc) is 3.08. The number of pyridine rings is 1. The Labute approximate surface area is 142 Å². The van der Waals surface area contributed by atoms with Gasteiger partial charge in [0, 0.05) is 19.3 Å². The number of hydrogen-bond acceptors (Lipinski definition) is 7. The molecule has 0 fully saturated rings. The van der Waals surface area contributed by atoms with E-state index < -0.39 is 10.0 Å². The molecule has 1 aromatic carbocycles. The second kappa shape index (κ2) is 6.99. The topological polar surface area (TPSA) is 114 Å². The largest absolute Gasteiger partial charge is 0.349 e. The third-order valence-corrected chi connectivity index (χ3v) is 5.17. The van der Waals surface area contributed by atoms with Crippen LogP contribution in [0.3, 0.4) is 0 Å². The zero-order valence-electron chi connectivity index (χ0n) is 12.3. The van der Waals surface area contributed by atoms with E-state index in [0.717, 1.165) is 11.7 Å². The van der Waals surface area contributed by atoms with E-state index in [9.17, 15) is 13.2 Å². The summed E-state index contributed by atoms with van der Waals surface area (Å²) in [5.41, 5.74) is 1.15. The molecule has 1 amide bonds. The SMILES string of the molecule is O=C(NCCNS(=O)(=O)c1cccc2nsnc12)c1ccccn1. The van der Waals surface area contributed by atoms with Crippen LogP contribution in [0.5, 0.6) is 0 Å². The molecule has 0 spiro atoms. The average molecular weight is 363 g/mol. The van der Waals surface area contributed by atoms with Crippen LogP contribution in [-0.4, -0.2) is 41.1 Å². The number of sulfonamides is 1. The van der Waals surface area contributed by atoms with E-state index in [4.69, 9.17) is 0 Å². The van der Waals surface area contributed by atoms with Gasteiger partial charge in [0.1, 0.15) is 21.6 Å². The van der Waals surface area contributed by atoms with Gasteiger partial charge in [-0.2, -0.15) is 8.75 Å². The molecule has 8 nitrogen and oxygen atoms in total. The van der Waals surface area contributed by atoms with E-state index in [1.807, 2.05) is 0 Å². The van der Waals surface area contributed by atoms with Gasteiger partial charge in [-0.15, -0.1) is 0 Å². The van der Waals surface area contributed by atoms with Crippen LogP contribution in [0.25, 0.3) is 11.0 Å². The Hall–Kier alpha value is -2.43. The highest BCUT2D eigenvalue weighted by Crippen LogP contribution is 2.20. The van der Waals surface area contributed by atoms with Gasteiger partial charge in [-0.3, -0.25) is 9.78 Å². The molecule has 0 aliphatic heterocycles. The number of hydrogen-bond donors (Lipinski definition) is 2. The predicted octanol–water partition coefficient (Wildman–Crippen LogP) is 0.795. The second-order valence-electron chi connectivity index (χ2n) is 4.76. The Balaban J connectivity index is 1.60. The maximum absolute atomic E-state index is 12.4. The molecule has 24 heavy (non-hydrogen) atoms. The molecular weight excluding hydrogens is 350 g/mol. The van der Waals surface area contributed by atoms with Crippen LogP contribution in [0.2, 0.25) is 0 Å². The van der Waals surface area contributed by atoms with Gasteiger partial charge in [0.05, 0.1) is 11.7 Å². The van der Waals surface area contributed by atoms with Crippen LogP contribution in [0.4, 0.5) is 0 Å². The van der Waals surface area contributed by atoms with Crippen LogP contribution < -0.4 is 10.0 Å². The minimum absolute atomic E-state index is 0.0505. The molecule has 0 aliphatic rings. The maximum Gasteiger partial charge on any atom is 0.269 e. The first-order valence-electron chi connectivity index (χ1n) is 6.98. The fraction of sp³-hybridized carbons (Fsp3) is 0.143. The third kappa shape index (κ3) is 3.55. The molecule has 0 saturated heterocycles. The Morgan fingerprint density at radius 1 is 1.08 bits per heavy atom. The molecule has 0 saturated carbocycles. The number of carbonyl (C=O) groups excluding carboxylic acids is 1. The zero-order chi connectivity index (χ0) is 17.0. The van der Waals surface area contributed by atoms with E-state index in [0.29, 0.717) is 11.0 Å². The van der Waals surface area contributed by atoms with Gasteiger partial charge in [0.2, 0.25) is 10.0 Å². The number of benzene rings is 1. The molecule has 0 radical (unpaired) electrons. The third-order valence-electron chi connectivity index (χ3n) is 3.14. The predicted molar refractivity (Wildman–Crippen MR) is 89.2 cm³/mol. The number of amides is 1. The molecule has 0 aliphatic carbocycles. The molecule has 0 atom stereocenters. The summed E-state index contributed by atoms with van der Waals surface area (Å²) >= 11 is 0.957. The Morgan fingerprint density at radius 2 is 1.96 bits per heavy atom. The number of nitrogens with one attached hydrogen (secondary N) is 2. The van der Waals surface area contributed by atoms with Gasteiger partial charge in [-0.05, 0) is 24.3 Å². The fourth-order valence-corrected chi connectivity index (χ4v) is 3.82. The summed E-state index contributed by atoms with van der Waals surface area (Å²) in [6.45, 7) is 0.189. The molecular formula is C14H13N5O3S2. The molecule has 0 bridgehead atoms. The molecule has 3 aromatic rings. The van der Waals surface area contributed by atoms with Crippen molar-refractivity contribution in [3.8, 4) is 0 Å². The number of aromatic nitrogens is 3. The molecule has 2 aromatic heterocycles. The summed E-state index contributed by atoms with van der Waals surface area (Å²) in [6, 6.07) is 9.77. The van der Waals surface area contributed by atoms with Crippen LogP contribution in [-0.2, 0) is 10.0 Å². The quantitative estimate of drug-likeness (QED) is 0.626. The molecule has 3 rings (SSSR count). The van der Waals surface area contributed by atoms with Crippen molar-refractivity contribution in [1.29, 1.82) is 0 Å². The monoisotopic (exact) mass is 363 g/mol. The van der Waals surface area contributed by atoms with Gasteiger partial charge in [-0.25, -0.2) is 13.1 Å². The van der Waals surface area contributed by atoms with E-state index in [-0.39, 0.29) is 29.6 Å². The number of fused-ring (bicyclic) bond motifs is 1. The van der Waals surface area contributed by atoms with Crippen molar-refractivity contribution in [2.75, 3.05) is 13.1 Å². The highest BCUT2D eigenvalue weighted by atomic mass is 32.2. The van der Waals surface area contributed by atoms with Crippen molar-refractivity contribution in [1.82, 2.24) is 23.8 Å². The van der Waals surface area contributed by atoms with E-state index in [1.165, 1.54) is 12.3 Å². The lowest BCUT2D eigenvalue weighted by Crippen LogP contribution is -2.35. The van der Waals surface area contributed by atoms with Crippen LogP contribution in [0, 0.1) is 0 Å². The smallest absolute Gasteiger partial charge is 0.269 e. The first kappa shape index (κ1) is 16.4. The number of rotatable bonds is 6. The van der Waals surface area contributed by atoms with Gasteiger partial charge in [0.25, 0.3) is 5.91 Å². The lowest BCUT2D eigenvalue weighted by molar-refractivity contribution is 0.0949. The van der Waals surface area contributed by atoms with Crippen molar-refractivity contribution < 1.29 is 13.2 Å². The Kier molecular flexibility index (Phi) is 4.79. The lowest BCUT2D eigenvalue weighted by Gasteiger charge is -2.08. The summed E-state index contributed by atoms with van der Waals surface area (Å²) < 4.78 is 35.2. The van der Waals surface area contributed by atoms with Crippen molar-refractivity contribution in [2.24, 2.45) is 0 Å². The number of carbonyl (C=O) groups is 1. The van der Waals surface area contributed by atoms with Gasteiger partial charge in [-0.1, -0.05) is 12.1 Å². The van der Waals surface area contributed by atoms with E-state index >= 15 is 0 Å². The van der Waals surface area contributed by atoms with E-state index in [2.05, 4.69) is 23.8 Å². The van der Waals surface area contributed by atoms with Gasteiger partial charge in [0.15, 0.2) is 0 Å². The summed E-state index contributed by atoms with van der Waals surface area (Å²) in [5, 5.41) is 2.60. The molecule has 10 heteroatoms. The van der Waals surface area contributed by atoms with Crippen molar-refractivity contribution in [3.63, 3.8) is 0 Å². The highest BCUT2D eigenvalue weighted by molar-refractivity contribution is 7.89. The van der Waals surface area contributed by atoms with E-state index in [1.54, 1.807) is 30.3 Å². The number of nitrogens with zero attached hydrogens (tertiary/aromatic N) is 3. The minimum Gasteiger partial charge on any atom is -0.349 e. The van der Waals surface area contributed by atoms with Crippen molar-refractivity contribution >= 4 is 38.7 Å². The zero-order valence-corrected chi connectivity index (χ0v) is 14.0. The minimum atomic E-state index is -3.73. The van der Waals surface area contributed by atoms with Crippen molar-refractivity contribution in [3.05, 3.63) is 48.3 Å². The maximum atomic E-state index is 12.4. The normalized spacial score (nSPS) is 11.5. The standard InChI is InChI=1S/C14H13N5O3S2/c20-14(11-4-1-2-7-15-11)16-8-9-17-24(21,22)12-6-3-5-10-13(12)19-23-18-10/h1-7,17H,8-9H2,(H,16,20). The summed E-state index contributed by atoms with van der Waals surface area (Å²) in [7, 11) is -3.73. The summed E-state index contributed by atoms with van der Waals surface area (Å²) in [4.78, 5) is 15.8. The van der Waals surface area contributed by atoms with Crippen LogP contribution in [0.1, 0.15) is 10.5 Å². The fourth-order valence-electron chi connectivity index (χ4n) is 2.03. The Morgan fingerprint density at radius 3 is 2.75 bits per heavy atom. The van der Waals surface area contributed by atoms with Crippen molar-refractivity contribution in [2.45, 2.75) is 4.90 Å². The molecule has 2 heterocycles. The summed E-state index contributed by atoms with van der Waals surface area (Å²) in [6.07, 6.45) is 1.51. The summed E-state index contributed by atoms with van der Waals surface area (Å²) in [5.74, 6) is -0.361. The first-order chi connectivity index (χ1) is 11.6. The van der Waals surface area contributed by atoms with Gasteiger partial charge < -0.3 is 5.32 Å². The first-order valence-corrected chi connectivity index (χ1v) is 9.19.